The highest BCUT2D eigenvalue weighted by Gasteiger charge is 2.10. The summed E-state index contributed by atoms with van der Waals surface area (Å²) >= 11 is 6.06. The van der Waals surface area contributed by atoms with Gasteiger partial charge in [-0.2, -0.15) is 0 Å². The van der Waals surface area contributed by atoms with Gasteiger partial charge in [0.1, 0.15) is 5.76 Å². The third-order valence-corrected chi connectivity index (χ3v) is 4.52. The summed E-state index contributed by atoms with van der Waals surface area (Å²) in [6, 6.07) is 11.7. The second kappa shape index (κ2) is 9.98. The molecule has 0 aliphatic carbocycles. The summed E-state index contributed by atoms with van der Waals surface area (Å²) in [5.74, 6) is 0.307. The van der Waals surface area contributed by atoms with Crippen LogP contribution in [0.1, 0.15) is 35.9 Å². The Labute approximate surface area is 179 Å². The number of hydrogen-bond donors (Lipinski definition) is 1. The van der Waals surface area contributed by atoms with Crippen LogP contribution in [0.25, 0.3) is 17.0 Å². The number of halogens is 1. The predicted molar refractivity (Wildman–Crippen MR) is 117 cm³/mol. The zero-order valence-electron chi connectivity index (χ0n) is 16.7. The molecule has 2 aromatic carbocycles. The number of methoxy groups -OCH3 is 1. The van der Waals surface area contributed by atoms with E-state index in [0.29, 0.717) is 40.0 Å². The average molecular weight is 428 g/mol. The molecule has 156 valence electrons. The van der Waals surface area contributed by atoms with Gasteiger partial charge in [0.25, 0.3) is 0 Å². The Morgan fingerprint density at radius 1 is 1.17 bits per heavy atom. The Kier molecular flexibility index (Phi) is 7.14. The smallest absolute Gasteiger partial charge is 0.338 e. The monoisotopic (exact) mass is 427 g/mol. The van der Waals surface area contributed by atoms with Crippen molar-refractivity contribution in [3.05, 3.63) is 64.9 Å². The molecule has 0 aliphatic rings. The lowest BCUT2D eigenvalue weighted by Gasteiger charge is -2.05. The number of rotatable bonds is 8. The van der Waals surface area contributed by atoms with Crippen molar-refractivity contribution in [1.82, 2.24) is 0 Å². The third kappa shape index (κ3) is 5.42. The van der Waals surface area contributed by atoms with Gasteiger partial charge in [-0.05, 0) is 48.9 Å². The fourth-order valence-corrected chi connectivity index (χ4v) is 2.98. The van der Waals surface area contributed by atoms with Crippen molar-refractivity contribution in [3.63, 3.8) is 0 Å². The molecule has 3 rings (SSSR count). The van der Waals surface area contributed by atoms with Gasteiger partial charge < -0.3 is 19.2 Å². The van der Waals surface area contributed by atoms with Crippen LogP contribution in [0, 0.1) is 0 Å². The number of nitrogens with one attached hydrogen (secondary N) is 1. The first-order valence-electron chi connectivity index (χ1n) is 9.53. The summed E-state index contributed by atoms with van der Waals surface area (Å²) in [6.45, 7) is 2.43. The number of fused-ring (bicyclic) bond motifs is 1. The lowest BCUT2D eigenvalue weighted by atomic mass is 10.2. The summed E-state index contributed by atoms with van der Waals surface area (Å²) in [4.78, 5) is 24.1. The molecule has 3 aromatic rings. The molecule has 0 saturated heterocycles. The van der Waals surface area contributed by atoms with E-state index in [1.54, 1.807) is 48.5 Å². The average Bonchev–Trinajstić information content (AvgIpc) is 3.15. The Morgan fingerprint density at radius 2 is 1.93 bits per heavy atom. The summed E-state index contributed by atoms with van der Waals surface area (Å²) in [6.07, 6.45) is 4.71. The van der Waals surface area contributed by atoms with E-state index in [4.69, 9.17) is 25.5 Å². The van der Waals surface area contributed by atoms with Crippen LogP contribution in [0.5, 0.6) is 5.75 Å². The molecule has 1 heterocycles. The van der Waals surface area contributed by atoms with Crippen LogP contribution >= 0.6 is 11.6 Å². The Morgan fingerprint density at radius 3 is 2.63 bits per heavy atom. The minimum absolute atomic E-state index is 0.335. The van der Waals surface area contributed by atoms with E-state index in [1.165, 1.54) is 13.2 Å². The molecule has 7 heteroatoms. The first-order chi connectivity index (χ1) is 14.5. The number of furan rings is 1. The molecular formula is C23H22ClNO5. The molecular weight excluding hydrogens is 406 g/mol. The van der Waals surface area contributed by atoms with Crippen LogP contribution in [-0.2, 0) is 9.53 Å². The van der Waals surface area contributed by atoms with Gasteiger partial charge >= 0.3 is 5.97 Å². The summed E-state index contributed by atoms with van der Waals surface area (Å²) in [7, 11) is 1.53. The van der Waals surface area contributed by atoms with E-state index >= 15 is 0 Å². The van der Waals surface area contributed by atoms with Gasteiger partial charge in [0.2, 0.25) is 5.91 Å². The summed E-state index contributed by atoms with van der Waals surface area (Å²) in [5.41, 5.74) is 1.56. The number of amides is 1. The number of unbranched alkanes of at least 4 members (excludes halogenated alkanes) is 1. The zero-order chi connectivity index (χ0) is 21.5. The van der Waals surface area contributed by atoms with E-state index in [1.807, 2.05) is 6.92 Å². The maximum Gasteiger partial charge on any atom is 0.338 e. The van der Waals surface area contributed by atoms with Crippen LogP contribution in [-0.4, -0.2) is 25.6 Å². The number of benzene rings is 2. The maximum absolute atomic E-state index is 12.2. The molecule has 0 saturated carbocycles. The van der Waals surface area contributed by atoms with Crippen LogP contribution in [0.2, 0.25) is 5.02 Å². The second-order valence-electron chi connectivity index (χ2n) is 6.56. The molecule has 0 unspecified atom stereocenters. The highest BCUT2D eigenvalue weighted by Crippen LogP contribution is 2.32. The van der Waals surface area contributed by atoms with Crippen LogP contribution in [0.15, 0.2) is 53.0 Å². The fraction of sp³-hybridized carbons (Fsp3) is 0.217. The molecule has 0 aliphatic heterocycles. The van der Waals surface area contributed by atoms with Crippen LogP contribution < -0.4 is 10.1 Å². The number of anilines is 1. The first-order valence-corrected chi connectivity index (χ1v) is 9.91. The number of esters is 1. The number of carbonyl (C=O) groups is 2. The van der Waals surface area contributed by atoms with Gasteiger partial charge in [-0.25, -0.2) is 4.79 Å². The minimum atomic E-state index is -0.373. The Bertz CT molecular complexity index is 1070. The van der Waals surface area contributed by atoms with E-state index in [0.717, 1.165) is 18.2 Å². The molecule has 0 radical (unpaired) electrons. The minimum Gasteiger partial charge on any atom is -0.493 e. The largest absolute Gasteiger partial charge is 0.493 e. The highest BCUT2D eigenvalue weighted by atomic mass is 35.5. The SMILES string of the molecule is CCCCOC(=O)c1ccc(NC(=O)C=Cc2cc3cc(Cl)cc(OC)c3o2)cc1. The molecule has 30 heavy (non-hydrogen) atoms. The molecule has 1 N–H and O–H groups in total. The fourth-order valence-electron chi connectivity index (χ4n) is 2.76. The van der Waals surface area contributed by atoms with Gasteiger partial charge in [0.05, 0.1) is 19.3 Å². The van der Waals surface area contributed by atoms with Crippen molar-refractivity contribution in [3.8, 4) is 5.75 Å². The van der Waals surface area contributed by atoms with Gasteiger partial charge in [-0.1, -0.05) is 24.9 Å². The topological polar surface area (TPSA) is 77.8 Å². The lowest BCUT2D eigenvalue weighted by molar-refractivity contribution is -0.111. The number of carbonyl (C=O) groups excluding carboxylic acids is 2. The number of hydrogen-bond acceptors (Lipinski definition) is 5. The predicted octanol–water partition coefficient (Wildman–Crippen LogP) is 5.70. The van der Waals surface area contributed by atoms with E-state index < -0.39 is 0 Å². The second-order valence-corrected chi connectivity index (χ2v) is 7.00. The Balaban J connectivity index is 1.62. The molecule has 0 bridgehead atoms. The molecule has 0 spiro atoms. The highest BCUT2D eigenvalue weighted by molar-refractivity contribution is 6.31. The molecule has 1 aromatic heterocycles. The quantitative estimate of drug-likeness (QED) is 0.283. The van der Waals surface area contributed by atoms with Gasteiger partial charge in [0.15, 0.2) is 11.3 Å². The van der Waals surface area contributed by atoms with Gasteiger partial charge in [0, 0.05) is 28.2 Å². The molecule has 6 nitrogen and oxygen atoms in total. The van der Waals surface area contributed by atoms with Crippen molar-refractivity contribution in [2.75, 3.05) is 19.0 Å². The lowest BCUT2D eigenvalue weighted by Crippen LogP contribution is -2.09. The Hall–Kier alpha value is -3.25. The van der Waals surface area contributed by atoms with E-state index in [2.05, 4.69) is 5.32 Å². The standard InChI is InChI=1S/C23H22ClNO5/c1-3-4-11-29-23(27)15-5-7-18(8-6-15)25-21(26)10-9-19-13-16-12-17(24)14-20(28-2)22(16)30-19/h5-10,12-14H,3-4,11H2,1-2H3,(H,25,26). The molecule has 0 atom stereocenters. The summed E-state index contributed by atoms with van der Waals surface area (Å²) < 4.78 is 16.2. The van der Waals surface area contributed by atoms with Crippen LogP contribution in [0.4, 0.5) is 5.69 Å². The van der Waals surface area contributed by atoms with Crippen molar-refractivity contribution in [2.24, 2.45) is 0 Å². The van der Waals surface area contributed by atoms with E-state index in [-0.39, 0.29) is 11.9 Å². The zero-order valence-corrected chi connectivity index (χ0v) is 17.5. The van der Waals surface area contributed by atoms with Gasteiger partial charge in [-0.3, -0.25) is 4.79 Å². The molecule has 0 fully saturated rings. The molecule has 1 amide bonds. The van der Waals surface area contributed by atoms with Crippen molar-refractivity contribution < 1.29 is 23.5 Å². The number of ether oxygens (including phenoxy) is 2. The normalized spacial score (nSPS) is 11.0. The first kappa shape index (κ1) is 21.5. The maximum atomic E-state index is 12.2. The van der Waals surface area contributed by atoms with Crippen LogP contribution in [0.3, 0.4) is 0 Å². The van der Waals surface area contributed by atoms with Crippen molar-refractivity contribution in [1.29, 1.82) is 0 Å². The third-order valence-electron chi connectivity index (χ3n) is 4.30. The summed E-state index contributed by atoms with van der Waals surface area (Å²) in [5, 5.41) is 4.04. The van der Waals surface area contributed by atoms with Gasteiger partial charge in [-0.15, -0.1) is 0 Å². The van der Waals surface area contributed by atoms with E-state index in [9.17, 15) is 9.59 Å². The van der Waals surface area contributed by atoms with Crippen molar-refractivity contribution >= 4 is 46.2 Å². The van der Waals surface area contributed by atoms with Crippen molar-refractivity contribution in [2.45, 2.75) is 19.8 Å².